The maximum absolute atomic E-state index is 8.83. The Hall–Kier alpha value is 0.569. The van der Waals surface area contributed by atoms with Gasteiger partial charge in [-0.15, -0.1) is 0 Å². The Balaban J connectivity index is -0.000000321. The van der Waals surface area contributed by atoms with Crippen molar-refractivity contribution in [1.29, 1.82) is 0 Å². The third-order valence-corrected chi connectivity index (χ3v) is 2.52. The summed E-state index contributed by atoms with van der Waals surface area (Å²) < 4.78 is 30.2. The van der Waals surface area contributed by atoms with Crippen LogP contribution in [0.5, 0.6) is 0 Å². The van der Waals surface area contributed by atoms with E-state index in [1.165, 1.54) is 39.3 Å². The van der Waals surface area contributed by atoms with Gasteiger partial charge in [0.05, 0.1) is 0 Å². The minimum absolute atomic E-state index is 0. The molecule has 0 aliphatic rings. The molecule has 0 aliphatic heterocycles. The van der Waals surface area contributed by atoms with Crippen LogP contribution in [0.25, 0.3) is 0 Å². The van der Waals surface area contributed by atoms with E-state index in [1.807, 2.05) is 0 Å². The van der Waals surface area contributed by atoms with Gasteiger partial charge in [0.15, 0.2) is 0 Å². The number of hydrogen-bond donors (Lipinski definition) is 3. The topological polar surface area (TPSA) is 90.2 Å². The van der Waals surface area contributed by atoms with Gasteiger partial charge in [0.1, 0.15) is 0 Å². The van der Waals surface area contributed by atoms with Crippen molar-refractivity contribution >= 4 is 0 Å². The van der Waals surface area contributed by atoms with Gasteiger partial charge in [-0.05, 0) is 26.2 Å². The Labute approximate surface area is 123 Å². The molecule has 18 heavy (non-hydrogen) atoms. The molecule has 8 heteroatoms. The molecule has 0 rings (SSSR count). The second-order valence-corrected chi connectivity index (χ2v) is 4.36. The number of nitrogens with zero attached hydrogens (tertiary/aromatic N) is 2. The van der Waals surface area contributed by atoms with Crippen molar-refractivity contribution in [1.82, 2.24) is 9.80 Å². The molecular weight excluding hydrogens is 311 g/mol. The molecule has 1 radical (unpaired) electrons. The number of halogens is 1. The summed E-state index contributed by atoms with van der Waals surface area (Å²) in [6.45, 7) is 16.1. The summed E-state index contributed by atoms with van der Waals surface area (Å²) in [6, 6.07) is 0. The summed E-state index contributed by atoms with van der Waals surface area (Å²) in [6.07, 6.45) is 0. The van der Waals surface area contributed by atoms with Gasteiger partial charge >= 0.3 is 45.9 Å². The van der Waals surface area contributed by atoms with Crippen molar-refractivity contribution < 1.29 is 45.9 Å². The molecule has 0 unspecified atom stereocenters. The summed E-state index contributed by atoms with van der Waals surface area (Å²) in [4.78, 5) is 4.94. The minimum atomic E-state index is -4.19. The zero-order chi connectivity index (χ0) is 13.9. The van der Waals surface area contributed by atoms with E-state index >= 15 is 0 Å². The van der Waals surface area contributed by atoms with Gasteiger partial charge in [-0.2, -0.15) is 0 Å². The van der Waals surface area contributed by atoms with Gasteiger partial charge in [0.25, 0.3) is 0 Å². The predicted octanol–water partition coefficient (Wildman–Crippen LogP) is -1.19. The third kappa shape index (κ3) is 21.8. The van der Waals surface area contributed by atoms with Crippen LogP contribution < -0.4 is 4.66 Å². The van der Waals surface area contributed by atoms with Crippen molar-refractivity contribution in [2.75, 3.05) is 39.3 Å². The fraction of sp³-hybridized carbons (Fsp3) is 1.00. The molecule has 0 aliphatic carbocycles. The van der Waals surface area contributed by atoms with E-state index < -0.39 is 10.2 Å². The van der Waals surface area contributed by atoms with E-state index in [9.17, 15) is 0 Å². The van der Waals surface area contributed by atoms with E-state index in [1.54, 1.807) is 0 Å². The molecule has 6 nitrogen and oxygen atoms in total. The van der Waals surface area contributed by atoms with Gasteiger partial charge in [-0.3, -0.25) is 0 Å². The average molecular weight is 338 g/mol. The Morgan fingerprint density at radius 1 is 0.778 bits per heavy atom. The molecule has 0 bridgehead atoms. The number of likely N-dealkylation sites (N-methyl/N-ethyl adjacent to an activating group) is 2. The zero-order valence-corrected chi connectivity index (χ0v) is 13.3. The Kier molecular flexibility index (Phi) is 18.4. The molecule has 0 saturated heterocycles. The molecule has 3 N–H and O–H groups in total. The zero-order valence-electron chi connectivity index (χ0n) is 11.6. The molecular formula is C10H27ClCuN2O4+2. The maximum atomic E-state index is 8.83. The first-order chi connectivity index (χ1) is 7.78. The van der Waals surface area contributed by atoms with E-state index in [0.29, 0.717) is 0 Å². The number of hydrogen-bond acceptors (Lipinski definition) is 6. The molecule has 0 amide bonds. The normalized spacial score (nSPS) is 11.9. The SMILES string of the molecule is CCN(CC)CCN(CC)CC.[Cu+2].[O-][Cl+](O)(O)O. The van der Waals surface area contributed by atoms with Crippen LogP contribution in [0.2, 0.25) is 0 Å². The third-order valence-electron chi connectivity index (χ3n) is 2.52. The summed E-state index contributed by atoms with van der Waals surface area (Å²) in [5.74, 6) is 0. The molecule has 0 aromatic rings. The molecule has 0 aromatic carbocycles. The van der Waals surface area contributed by atoms with Crippen molar-refractivity contribution in [2.45, 2.75) is 27.7 Å². The first kappa shape index (κ1) is 23.6. The Morgan fingerprint density at radius 2 is 0.944 bits per heavy atom. The molecule has 117 valence electrons. The van der Waals surface area contributed by atoms with Crippen LogP contribution >= 0.6 is 0 Å². The number of rotatable bonds is 7. The van der Waals surface area contributed by atoms with Crippen molar-refractivity contribution in [3.8, 4) is 0 Å². The molecule has 0 spiro atoms. The molecule has 0 atom stereocenters. The molecule has 0 saturated carbocycles. The fourth-order valence-corrected chi connectivity index (χ4v) is 1.36. The summed E-state index contributed by atoms with van der Waals surface area (Å²) >= 11 is 0. The van der Waals surface area contributed by atoms with Crippen LogP contribution in [-0.2, 0) is 17.1 Å². The van der Waals surface area contributed by atoms with Crippen LogP contribution in [-0.4, -0.2) is 63.0 Å². The van der Waals surface area contributed by atoms with Gasteiger partial charge in [0.2, 0.25) is 0 Å². The Bertz CT molecular complexity index is 146. The van der Waals surface area contributed by atoms with Crippen molar-refractivity contribution in [2.24, 2.45) is 0 Å². The summed E-state index contributed by atoms with van der Waals surface area (Å²) in [5, 5.41) is 0. The molecule has 0 heterocycles. The van der Waals surface area contributed by atoms with Crippen LogP contribution in [0.1, 0.15) is 27.7 Å². The van der Waals surface area contributed by atoms with Crippen LogP contribution in [0.3, 0.4) is 0 Å². The van der Waals surface area contributed by atoms with Gasteiger partial charge in [0, 0.05) is 13.1 Å². The van der Waals surface area contributed by atoms with Crippen LogP contribution in [0.15, 0.2) is 0 Å². The van der Waals surface area contributed by atoms with Gasteiger partial charge < -0.3 is 9.80 Å². The predicted molar refractivity (Wildman–Crippen MR) is 62.2 cm³/mol. The van der Waals surface area contributed by atoms with Crippen LogP contribution in [0, 0.1) is 10.2 Å². The second-order valence-electron chi connectivity index (χ2n) is 3.49. The van der Waals surface area contributed by atoms with Crippen molar-refractivity contribution in [3.63, 3.8) is 0 Å². The van der Waals surface area contributed by atoms with Crippen molar-refractivity contribution in [3.05, 3.63) is 0 Å². The van der Waals surface area contributed by atoms with E-state index in [4.69, 9.17) is 18.6 Å². The first-order valence-electron chi connectivity index (χ1n) is 5.89. The van der Waals surface area contributed by atoms with Crippen LogP contribution in [0.4, 0.5) is 0 Å². The van der Waals surface area contributed by atoms with E-state index in [-0.39, 0.29) is 17.1 Å². The average Bonchev–Trinajstić information content (AvgIpc) is 2.22. The van der Waals surface area contributed by atoms with Gasteiger partial charge in [-0.25, -0.2) is 0 Å². The summed E-state index contributed by atoms with van der Waals surface area (Å²) in [7, 11) is -4.19. The quantitative estimate of drug-likeness (QED) is 0.506. The first-order valence-corrected chi connectivity index (χ1v) is 7.21. The van der Waals surface area contributed by atoms with E-state index in [2.05, 4.69) is 37.5 Å². The Morgan fingerprint density at radius 3 is 1.06 bits per heavy atom. The standard InChI is InChI=1S/C10H24N2.ClH3O4.Cu/c1-5-11(6-2)9-10-12(7-3)8-4;2-1(3,4)5;/h5-10H2,1-4H3;2-4H;/q;;+2. The molecule has 0 fully saturated rings. The van der Waals surface area contributed by atoms with Gasteiger partial charge in [-0.1, -0.05) is 27.7 Å². The fourth-order valence-electron chi connectivity index (χ4n) is 1.36. The second kappa shape index (κ2) is 14.0. The molecule has 0 aromatic heterocycles. The summed E-state index contributed by atoms with van der Waals surface area (Å²) in [5.41, 5.74) is 0. The monoisotopic (exact) mass is 337 g/mol. The van der Waals surface area contributed by atoms with E-state index in [0.717, 1.165) is 0 Å².